The topological polar surface area (TPSA) is 12.0 Å². The van der Waals surface area contributed by atoms with Crippen molar-refractivity contribution in [2.45, 2.75) is 44.6 Å². The second-order valence-electron chi connectivity index (χ2n) is 5.18. The predicted molar refractivity (Wildman–Crippen MR) is 65.1 cm³/mol. The minimum atomic E-state index is -0.143. The Hall–Kier alpha value is -0.890. The van der Waals surface area contributed by atoms with E-state index in [1.54, 1.807) is 12.1 Å². The number of hydrogen-bond acceptors (Lipinski definition) is 1. The SMILES string of the molecule is CC(C)NCC1(c2ccc(F)cc2)CCC1. The van der Waals surface area contributed by atoms with Crippen LogP contribution in [0, 0.1) is 5.82 Å². The molecule has 0 radical (unpaired) electrons. The van der Waals surface area contributed by atoms with Gasteiger partial charge >= 0.3 is 0 Å². The van der Waals surface area contributed by atoms with Crippen LogP contribution in [0.4, 0.5) is 4.39 Å². The van der Waals surface area contributed by atoms with Crippen molar-refractivity contribution in [3.8, 4) is 0 Å². The van der Waals surface area contributed by atoms with Crippen LogP contribution >= 0.6 is 0 Å². The summed E-state index contributed by atoms with van der Waals surface area (Å²) in [5.41, 5.74) is 1.55. The highest BCUT2D eigenvalue weighted by Gasteiger charge is 2.38. The molecule has 2 rings (SSSR count). The van der Waals surface area contributed by atoms with Crippen LogP contribution in [0.15, 0.2) is 24.3 Å². The van der Waals surface area contributed by atoms with Crippen LogP contribution in [0.25, 0.3) is 0 Å². The first-order valence-corrected chi connectivity index (χ1v) is 6.12. The van der Waals surface area contributed by atoms with Gasteiger partial charge in [0.05, 0.1) is 0 Å². The number of nitrogens with one attached hydrogen (secondary N) is 1. The van der Waals surface area contributed by atoms with Crippen molar-refractivity contribution in [3.63, 3.8) is 0 Å². The molecule has 1 aliphatic carbocycles. The molecule has 1 N–H and O–H groups in total. The van der Waals surface area contributed by atoms with Gasteiger partial charge in [-0.1, -0.05) is 32.4 Å². The molecular formula is C14H20FN. The minimum absolute atomic E-state index is 0.143. The zero-order valence-corrected chi connectivity index (χ0v) is 10.1. The van der Waals surface area contributed by atoms with Gasteiger partial charge in [0.2, 0.25) is 0 Å². The Morgan fingerprint density at radius 2 is 1.88 bits per heavy atom. The van der Waals surface area contributed by atoms with E-state index in [-0.39, 0.29) is 11.2 Å². The number of hydrogen-bond donors (Lipinski definition) is 1. The average Bonchev–Trinajstić information content (AvgIpc) is 2.18. The van der Waals surface area contributed by atoms with Gasteiger partial charge in [0.25, 0.3) is 0 Å². The van der Waals surface area contributed by atoms with Crippen molar-refractivity contribution < 1.29 is 4.39 Å². The van der Waals surface area contributed by atoms with Gasteiger partial charge in [-0.3, -0.25) is 0 Å². The maximum Gasteiger partial charge on any atom is 0.123 e. The summed E-state index contributed by atoms with van der Waals surface area (Å²) in [6.45, 7) is 5.34. The van der Waals surface area contributed by atoms with Crippen LogP contribution in [0.2, 0.25) is 0 Å². The largest absolute Gasteiger partial charge is 0.314 e. The van der Waals surface area contributed by atoms with Gasteiger partial charge in [0.15, 0.2) is 0 Å². The van der Waals surface area contributed by atoms with E-state index in [0.29, 0.717) is 6.04 Å². The summed E-state index contributed by atoms with van der Waals surface area (Å²) in [6, 6.07) is 7.54. The molecule has 16 heavy (non-hydrogen) atoms. The van der Waals surface area contributed by atoms with Gasteiger partial charge in [-0.15, -0.1) is 0 Å². The summed E-state index contributed by atoms with van der Waals surface area (Å²) in [4.78, 5) is 0. The molecule has 0 saturated heterocycles. The molecule has 0 atom stereocenters. The van der Waals surface area contributed by atoms with E-state index in [4.69, 9.17) is 0 Å². The van der Waals surface area contributed by atoms with Crippen molar-refractivity contribution in [1.29, 1.82) is 0 Å². The molecule has 88 valence electrons. The zero-order valence-electron chi connectivity index (χ0n) is 10.1. The van der Waals surface area contributed by atoms with E-state index in [9.17, 15) is 4.39 Å². The molecule has 0 spiro atoms. The van der Waals surface area contributed by atoms with E-state index >= 15 is 0 Å². The number of rotatable bonds is 4. The second kappa shape index (κ2) is 4.54. The van der Waals surface area contributed by atoms with Crippen molar-refractivity contribution in [3.05, 3.63) is 35.6 Å². The van der Waals surface area contributed by atoms with Gasteiger partial charge in [-0.05, 0) is 30.5 Å². The molecule has 0 heterocycles. The van der Waals surface area contributed by atoms with Crippen molar-refractivity contribution in [2.24, 2.45) is 0 Å². The Balaban J connectivity index is 2.11. The summed E-state index contributed by atoms with van der Waals surface area (Å²) in [5, 5.41) is 3.51. The van der Waals surface area contributed by atoms with Gasteiger partial charge in [-0.25, -0.2) is 4.39 Å². The standard InChI is InChI=1S/C14H20FN/c1-11(2)16-10-14(8-3-9-14)12-4-6-13(15)7-5-12/h4-7,11,16H,3,8-10H2,1-2H3. The van der Waals surface area contributed by atoms with E-state index in [1.165, 1.54) is 24.8 Å². The molecule has 0 aliphatic heterocycles. The van der Waals surface area contributed by atoms with Crippen LogP contribution in [0.3, 0.4) is 0 Å². The molecular weight excluding hydrogens is 201 g/mol. The van der Waals surface area contributed by atoms with Crippen LogP contribution in [-0.4, -0.2) is 12.6 Å². The minimum Gasteiger partial charge on any atom is -0.314 e. The molecule has 0 amide bonds. The van der Waals surface area contributed by atoms with Crippen LogP contribution in [0.1, 0.15) is 38.7 Å². The fraction of sp³-hybridized carbons (Fsp3) is 0.571. The molecule has 2 heteroatoms. The van der Waals surface area contributed by atoms with Gasteiger partial charge in [0.1, 0.15) is 5.82 Å². The third-order valence-corrected chi connectivity index (χ3v) is 3.62. The molecule has 1 aromatic carbocycles. The lowest BCUT2D eigenvalue weighted by atomic mass is 9.64. The molecule has 1 saturated carbocycles. The van der Waals surface area contributed by atoms with Crippen LogP contribution < -0.4 is 5.32 Å². The maximum absolute atomic E-state index is 12.9. The van der Waals surface area contributed by atoms with Gasteiger partial charge in [-0.2, -0.15) is 0 Å². The Morgan fingerprint density at radius 1 is 1.25 bits per heavy atom. The summed E-state index contributed by atoms with van der Waals surface area (Å²) < 4.78 is 12.9. The van der Waals surface area contributed by atoms with E-state index in [2.05, 4.69) is 19.2 Å². The van der Waals surface area contributed by atoms with Gasteiger partial charge < -0.3 is 5.32 Å². The first-order chi connectivity index (χ1) is 7.62. The third-order valence-electron chi connectivity index (χ3n) is 3.62. The monoisotopic (exact) mass is 221 g/mol. The van der Waals surface area contributed by atoms with Crippen molar-refractivity contribution in [1.82, 2.24) is 5.32 Å². The smallest absolute Gasteiger partial charge is 0.123 e. The third kappa shape index (κ3) is 2.27. The summed E-state index contributed by atoms with van der Waals surface area (Å²) in [7, 11) is 0. The molecule has 1 fully saturated rings. The first kappa shape index (κ1) is 11.6. The zero-order chi connectivity index (χ0) is 11.6. The summed E-state index contributed by atoms with van der Waals surface area (Å²) in [6.07, 6.45) is 3.73. The maximum atomic E-state index is 12.9. The highest BCUT2D eigenvalue weighted by molar-refractivity contribution is 5.29. The van der Waals surface area contributed by atoms with Crippen molar-refractivity contribution in [2.75, 3.05) is 6.54 Å². The molecule has 0 aromatic heterocycles. The lowest BCUT2D eigenvalue weighted by molar-refractivity contribution is 0.228. The average molecular weight is 221 g/mol. The Morgan fingerprint density at radius 3 is 2.31 bits per heavy atom. The molecule has 1 aliphatic rings. The number of halogens is 1. The molecule has 0 bridgehead atoms. The van der Waals surface area contributed by atoms with Gasteiger partial charge in [0, 0.05) is 18.0 Å². The Kier molecular flexibility index (Phi) is 3.29. The van der Waals surface area contributed by atoms with E-state index in [0.717, 1.165) is 6.54 Å². The predicted octanol–water partition coefficient (Wildman–Crippen LogP) is 3.25. The Labute approximate surface area is 97.1 Å². The quantitative estimate of drug-likeness (QED) is 0.823. The van der Waals surface area contributed by atoms with Crippen LogP contribution in [-0.2, 0) is 5.41 Å². The van der Waals surface area contributed by atoms with E-state index in [1.807, 2.05) is 12.1 Å². The first-order valence-electron chi connectivity index (χ1n) is 6.12. The summed E-state index contributed by atoms with van der Waals surface area (Å²) in [5.74, 6) is -0.143. The normalized spacial score (nSPS) is 18.5. The highest BCUT2D eigenvalue weighted by Crippen LogP contribution is 2.43. The Bertz CT molecular complexity index is 338. The summed E-state index contributed by atoms with van der Waals surface area (Å²) >= 11 is 0. The van der Waals surface area contributed by atoms with Crippen molar-refractivity contribution >= 4 is 0 Å². The van der Waals surface area contributed by atoms with Crippen LogP contribution in [0.5, 0.6) is 0 Å². The second-order valence-corrected chi connectivity index (χ2v) is 5.18. The molecule has 1 aromatic rings. The molecule has 1 nitrogen and oxygen atoms in total. The molecule has 0 unspecified atom stereocenters. The van der Waals surface area contributed by atoms with E-state index < -0.39 is 0 Å². The number of benzene rings is 1. The highest BCUT2D eigenvalue weighted by atomic mass is 19.1. The fourth-order valence-electron chi connectivity index (χ4n) is 2.37. The fourth-order valence-corrected chi connectivity index (χ4v) is 2.37. The lowest BCUT2D eigenvalue weighted by Crippen LogP contribution is -2.45. The lowest BCUT2D eigenvalue weighted by Gasteiger charge is -2.43.